The highest BCUT2D eigenvalue weighted by atomic mass is 79.9. The van der Waals surface area contributed by atoms with Crippen molar-refractivity contribution in [2.24, 2.45) is 11.8 Å². The minimum atomic E-state index is -0.148. The first kappa shape index (κ1) is 14.7. The molecule has 0 saturated carbocycles. The van der Waals surface area contributed by atoms with Gasteiger partial charge in [-0.3, -0.25) is 0 Å². The van der Waals surface area contributed by atoms with Crippen molar-refractivity contribution in [2.45, 2.75) is 33.7 Å². The largest absolute Gasteiger partial charge is 0.310 e. The third-order valence-corrected chi connectivity index (χ3v) is 3.80. The summed E-state index contributed by atoms with van der Waals surface area (Å²) in [5.74, 6) is 1.08. The fraction of sp³-hybridized carbons (Fsp3) is 0.571. The summed E-state index contributed by atoms with van der Waals surface area (Å²) < 4.78 is 14.6. The third kappa shape index (κ3) is 4.40. The van der Waals surface area contributed by atoms with Crippen LogP contribution in [0.3, 0.4) is 0 Å². The first-order valence-electron chi connectivity index (χ1n) is 6.10. The molecule has 0 bridgehead atoms. The van der Waals surface area contributed by atoms with E-state index in [4.69, 9.17) is 0 Å². The molecular formula is C14H21BrFN. The van der Waals surface area contributed by atoms with Crippen molar-refractivity contribution in [3.05, 3.63) is 34.1 Å². The summed E-state index contributed by atoms with van der Waals surface area (Å²) in [6, 6.07) is 5.10. The van der Waals surface area contributed by atoms with Gasteiger partial charge in [-0.05, 0) is 43.5 Å². The standard InChI is InChI=1S/C14H21BrFN/c1-9(2)10(3)8-17-11(4)13-7-12(15)5-6-14(13)16/h5-7,9-11,17H,8H2,1-4H3. The van der Waals surface area contributed by atoms with Crippen LogP contribution in [-0.4, -0.2) is 6.54 Å². The van der Waals surface area contributed by atoms with Crippen molar-refractivity contribution in [3.8, 4) is 0 Å². The number of nitrogens with one attached hydrogen (secondary N) is 1. The molecule has 1 nitrogen and oxygen atoms in total. The second kappa shape index (κ2) is 6.50. The van der Waals surface area contributed by atoms with Gasteiger partial charge in [0.05, 0.1) is 0 Å². The van der Waals surface area contributed by atoms with E-state index in [0.29, 0.717) is 11.8 Å². The van der Waals surface area contributed by atoms with E-state index in [1.54, 1.807) is 6.07 Å². The second-order valence-electron chi connectivity index (χ2n) is 5.02. The van der Waals surface area contributed by atoms with E-state index in [1.165, 1.54) is 6.07 Å². The van der Waals surface area contributed by atoms with Crippen LogP contribution >= 0.6 is 15.9 Å². The van der Waals surface area contributed by atoms with Crippen molar-refractivity contribution in [3.63, 3.8) is 0 Å². The average molecular weight is 302 g/mol. The maximum Gasteiger partial charge on any atom is 0.128 e. The lowest BCUT2D eigenvalue weighted by molar-refractivity contribution is 0.372. The van der Waals surface area contributed by atoms with E-state index in [2.05, 4.69) is 42.0 Å². The van der Waals surface area contributed by atoms with Gasteiger partial charge in [0.15, 0.2) is 0 Å². The molecule has 2 atom stereocenters. The van der Waals surface area contributed by atoms with Gasteiger partial charge in [-0.15, -0.1) is 0 Å². The van der Waals surface area contributed by atoms with E-state index in [-0.39, 0.29) is 11.9 Å². The van der Waals surface area contributed by atoms with Crippen molar-refractivity contribution in [1.29, 1.82) is 0 Å². The predicted octanol–water partition coefficient (Wildman–Crippen LogP) is 4.53. The van der Waals surface area contributed by atoms with Crippen LogP contribution in [0.25, 0.3) is 0 Å². The van der Waals surface area contributed by atoms with Gasteiger partial charge < -0.3 is 5.32 Å². The summed E-state index contributed by atoms with van der Waals surface area (Å²) >= 11 is 3.37. The molecule has 1 aromatic carbocycles. The molecule has 0 aliphatic carbocycles. The van der Waals surface area contributed by atoms with Crippen LogP contribution in [0.2, 0.25) is 0 Å². The highest BCUT2D eigenvalue weighted by Crippen LogP contribution is 2.22. The van der Waals surface area contributed by atoms with Gasteiger partial charge in [-0.25, -0.2) is 4.39 Å². The van der Waals surface area contributed by atoms with Crippen LogP contribution in [0.4, 0.5) is 4.39 Å². The normalized spacial score (nSPS) is 15.0. The summed E-state index contributed by atoms with van der Waals surface area (Å²) in [6.45, 7) is 9.53. The first-order chi connectivity index (χ1) is 7.91. The zero-order valence-electron chi connectivity index (χ0n) is 10.9. The predicted molar refractivity (Wildman–Crippen MR) is 74.5 cm³/mol. The Bertz CT molecular complexity index is 365. The van der Waals surface area contributed by atoms with E-state index in [0.717, 1.165) is 16.6 Å². The Balaban J connectivity index is 2.63. The molecule has 96 valence electrons. The Morgan fingerprint density at radius 1 is 1.24 bits per heavy atom. The van der Waals surface area contributed by atoms with Crippen LogP contribution in [0.15, 0.2) is 22.7 Å². The molecule has 0 aromatic heterocycles. The highest BCUT2D eigenvalue weighted by molar-refractivity contribution is 9.10. The molecule has 0 fully saturated rings. The number of hydrogen-bond donors (Lipinski definition) is 1. The maximum atomic E-state index is 13.6. The van der Waals surface area contributed by atoms with Gasteiger partial charge >= 0.3 is 0 Å². The van der Waals surface area contributed by atoms with E-state index >= 15 is 0 Å². The van der Waals surface area contributed by atoms with Gasteiger partial charge in [0.1, 0.15) is 5.82 Å². The summed E-state index contributed by atoms with van der Waals surface area (Å²) in [4.78, 5) is 0. The Labute approximate surface area is 112 Å². The van der Waals surface area contributed by atoms with Gasteiger partial charge in [-0.1, -0.05) is 36.7 Å². The summed E-state index contributed by atoms with van der Waals surface area (Å²) in [6.07, 6.45) is 0. The number of benzene rings is 1. The van der Waals surface area contributed by atoms with E-state index < -0.39 is 0 Å². The van der Waals surface area contributed by atoms with Crippen molar-refractivity contribution >= 4 is 15.9 Å². The molecule has 1 N–H and O–H groups in total. The Hall–Kier alpha value is -0.410. The highest BCUT2D eigenvalue weighted by Gasteiger charge is 2.13. The number of halogens is 2. The third-order valence-electron chi connectivity index (χ3n) is 3.31. The van der Waals surface area contributed by atoms with Crippen LogP contribution in [-0.2, 0) is 0 Å². The zero-order chi connectivity index (χ0) is 13.0. The molecule has 17 heavy (non-hydrogen) atoms. The van der Waals surface area contributed by atoms with Crippen LogP contribution < -0.4 is 5.32 Å². The van der Waals surface area contributed by atoms with Gasteiger partial charge in [0.2, 0.25) is 0 Å². The summed E-state index contributed by atoms with van der Waals surface area (Å²) in [7, 11) is 0. The quantitative estimate of drug-likeness (QED) is 0.842. The van der Waals surface area contributed by atoms with Gasteiger partial charge in [0, 0.05) is 16.1 Å². The van der Waals surface area contributed by atoms with Crippen LogP contribution in [0.1, 0.15) is 39.3 Å². The molecular weight excluding hydrogens is 281 g/mol. The fourth-order valence-electron chi connectivity index (χ4n) is 1.55. The SMILES string of the molecule is CC(NCC(C)C(C)C)c1cc(Br)ccc1F. The Morgan fingerprint density at radius 3 is 2.47 bits per heavy atom. The van der Waals surface area contributed by atoms with Gasteiger partial charge in [-0.2, -0.15) is 0 Å². The lowest BCUT2D eigenvalue weighted by Gasteiger charge is -2.21. The Kier molecular flexibility index (Phi) is 5.60. The average Bonchev–Trinajstić information content (AvgIpc) is 2.28. The molecule has 0 saturated heterocycles. The Morgan fingerprint density at radius 2 is 1.88 bits per heavy atom. The van der Waals surface area contributed by atoms with Crippen molar-refractivity contribution in [2.75, 3.05) is 6.54 Å². The second-order valence-corrected chi connectivity index (χ2v) is 5.93. The fourth-order valence-corrected chi connectivity index (χ4v) is 1.93. The minimum Gasteiger partial charge on any atom is -0.310 e. The van der Waals surface area contributed by atoms with Crippen LogP contribution in [0, 0.1) is 17.7 Å². The molecule has 0 aliphatic heterocycles. The summed E-state index contributed by atoms with van der Waals surface area (Å²) in [5, 5.41) is 3.39. The monoisotopic (exact) mass is 301 g/mol. The van der Waals surface area contributed by atoms with Crippen LogP contribution in [0.5, 0.6) is 0 Å². The van der Waals surface area contributed by atoms with E-state index in [9.17, 15) is 4.39 Å². The van der Waals surface area contributed by atoms with Crippen molar-refractivity contribution < 1.29 is 4.39 Å². The zero-order valence-corrected chi connectivity index (χ0v) is 12.5. The maximum absolute atomic E-state index is 13.6. The lowest BCUT2D eigenvalue weighted by Crippen LogP contribution is -2.27. The minimum absolute atomic E-state index is 0.0358. The van der Waals surface area contributed by atoms with Gasteiger partial charge in [0.25, 0.3) is 0 Å². The molecule has 3 heteroatoms. The topological polar surface area (TPSA) is 12.0 Å². The number of rotatable bonds is 5. The smallest absolute Gasteiger partial charge is 0.128 e. The molecule has 0 spiro atoms. The lowest BCUT2D eigenvalue weighted by atomic mass is 9.97. The molecule has 1 rings (SSSR count). The number of hydrogen-bond acceptors (Lipinski definition) is 1. The molecule has 0 aliphatic rings. The molecule has 0 amide bonds. The first-order valence-corrected chi connectivity index (χ1v) is 6.89. The van der Waals surface area contributed by atoms with Crippen molar-refractivity contribution in [1.82, 2.24) is 5.32 Å². The molecule has 1 aromatic rings. The molecule has 2 unspecified atom stereocenters. The summed E-state index contributed by atoms with van der Waals surface area (Å²) in [5.41, 5.74) is 0.718. The molecule has 0 heterocycles. The molecule has 0 radical (unpaired) electrons. The van der Waals surface area contributed by atoms with E-state index in [1.807, 2.05) is 13.0 Å².